The van der Waals surface area contributed by atoms with Crippen LogP contribution in [-0.4, -0.2) is 51.0 Å². The van der Waals surface area contributed by atoms with E-state index in [0.29, 0.717) is 40.8 Å². The minimum atomic E-state index is -4.50. The van der Waals surface area contributed by atoms with Gasteiger partial charge in [0.05, 0.1) is 18.4 Å². The lowest BCUT2D eigenvalue weighted by atomic mass is 10.2. The Morgan fingerprint density at radius 2 is 1.84 bits per heavy atom. The molecule has 0 bridgehead atoms. The molecule has 192 valence electrons. The lowest BCUT2D eigenvalue weighted by Gasteiger charge is -2.09. The Morgan fingerprint density at radius 3 is 2.57 bits per heavy atom. The van der Waals surface area contributed by atoms with Gasteiger partial charge in [-0.25, -0.2) is 0 Å². The van der Waals surface area contributed by atoms with Gasteiger partial charge in [-0.05, 0) is 54.6 Å². The summed E-state index contributed by atoms with van der Waals surface area (Å²) in [7, 11) is 1.55. The standard InChI is InChI=1S/C24H21F3N6O3S/c1-36-18-7-5-15(6-8-18)23(35)28-12-11-20-31-30-19-9-10-22(32-33(19)20)37-14-21(34)29-17-4-2-3-16(13-17)24(25,26)27/h2-10,13H,11-12,14H2,1H3,(H,28,35)(H,29,34). The summed E-state index contributed by atoms with van der Waals surface area (Å²) in [6.07, 6.45) is -4.13. The molecule has 2 aromatic heterocycles. The number of nitrogens with one attached hydrogen (secondary N) is 2. The van der Waals surface area contributed by atoms with Crippen LogP contribution in [0.1, 0.15) is 21.7 Å². The molecule has 2 aromatic carbocycles. The van der Waals surface area contributed by atoms with Crippen LogP contribution in [0.4, 0.5) is 18.9 Å². The van der Waals surface area contributed by atoms with Gasteiger partial charge in [0.1, 0.15) is 10.8 Å². The van der Waals surface area contributed by atoms with Crippen LogP contribution >= 0.6 is 11.8 Å². The maximum Gasteiger partial charge on any atom is 0.416 e. The third-order valence-corrected chi connectivity index (χ3v) is 6.03. The fraction of sp³-hybridized carbons (Fsp3) is 0.208. The van der Waals surface area contributed by atoms with Crippen molar-refractivity contribution in [2.24, 2.45) is 0 Å². The number of rotatable bonds is 9. The van der Waals surface area contributed by atoms with Gasteiger partial charge in [0.25, 0.3) is 5.91 Å². The van der Waals surface area contributed by atoms with Crippen molar-refractivity contribution in [3.8, 4) is 5.75 Å². The van der Waals surface area contributed by atoms with E-state index in [0.717, 1.165) is 23.9 Å². The molecule has 0 aliphatic heterocycles. The quantitative estimate of drug-likeness (QED) is 0.316. The zero-order valence-electron chi connectivity index (χ0n) is 19.5. The number of alkyl halides is 3. The molecule has 0 saturated heterocycles. The van der Waals surface area contributed by atoms with Crippen molar-refractivity contribution in [1.29, 1.82) is 0 Å². The highest BCUT2D eigenvalue weighted by Gasteiger charge is 2.30. The maximum atomic E-state index is 12.9. The lowest BCUT2D eigenvalue weighted by Crippen LogP contribution is -2.26. The monoisotopic (exact) mass is 530 g/mol. The molecule has 4 aromatic rings. The number of carbonyl (C=O) groups excluding carboxylic acids is 2. The first kappa shape index (κ1) is 25.9. The number of aromatic nitrogens is 4. The maximum absolute atomic E-state index is 12.9. The number of ether oxygens (including phenoxy) is 1. The highest BCUT2D eigenvalue weighted by molar-refractivity contribution is 7.99. The summed E-state index contributed by atoms with van der Waals surface area (Å²) < 4.78 is 45.2. The van der Waals surface area contributed by atoms with Crippen LogP contribution in [0, 0.1) is 0 Å². The van der Waals surface area contributed by atoms with Crippen molar-refractivity contribution in [1.82, 2.24) is 25.1 Å². The molecule has 13 heteroatoms. The number of anilines is 1. The van der Waals surface area contributed by atoms with Crippen molar-refractivity contribution in [2.75, 3.05) is 24.7 Å². The molecule has 9 nitrogen and oxygen atoms in total. The summed E-state index contributed by atoms with van der Waals surface area (Å²) >= 11 is 1.11. The van der Waals surface area contributed by atoms with Crippen molar-refractivity contribution >= 4 is 34.9 Å². The fourth-order valence-electron chi connectivity index (χ4n) is 3.29. The number of carbonyl (C=O) groups is 2. The third kappa shape index (κ3) is 6.76. The number of benzene rings is 2. The zero-order valence-corrected chi connectivity index (χ0v) is 20.3. The van der Waals surface area contributed by atoms with E-state index in [-0.39, 0.29) is 17.3 Å². The van der Waals surface area contributed by atoms with Gasteiger partial charge in [-0.3, -0.25) is 9.59 Å². The average Bonchev–Trinajstić information content (AvgIpc) is 3.29. The lowest BCUT2D eigenvalue weighted by molar-refractivity contribution is -0.137. The van der Waals surface area contributed by atoms with Gasteiger partial charge in [-0.2, -0.15) is 22.8 Å². The number of fused-ring (bicyclic) bond motifs is 1. The van der Waals surface area contributed by atoms with Gasteiger partial charge in [0, 0.05) is 24.2 Å². The normalized spacial score (nSPS) is 11.4. The van der Waals surface area contributed by atoms with Gasteiger partial charge in [0.2, 0.25) is 5.91 Å². The molecule has 0 radical (unpaired) electrons. The minimum absolute atomic E-state index is 0.0571. The van der Waals surface area contributed by atoms with Gasteiger partial charge in [-0.1, -0.05) is 17.8 Å². The van der Waals surface area contributed by atoms with Gasteiger partial charge < -0.3 is 15.4 Å². The Hall–Kier alpha value is -4.13. The Balaban J connectivity index is 1.32. The molecule has 0 aliphatic carbocycles. The second kappa shape index (κ2) is 11.3. The van der Waals surface area contributed by atoms with Crippen LogP contribution in [0.2, 0.25) is 0 Å². The van der Waals surface area contributed by atoms with Crippen LogP contribution in [0.25, 0.3) is 5.65 Å². The third-order valence-electron chi connectivity index (χ3n) is 5.11. The molecular weight excluding hydrogens is 509 g/mol. The molecule has 2 N–H and O–H groups in total. The van der Waals surface area contributed by atoms with Crippen LogP contribution in [0.3, 0.4) is 0 Å². The van der Waals surface area contributed by atoms with E-state index in [1.165, 1.54) is 16.6 Å². The summed E-state index contributed by atoms with van der Waals surface area (Å²) in [5, 5.41) is 18.4. The second-order valence-corrected chi connectivity index (χ2v) is 8.70. The first-order valence-electron chi connectivity index (χ1n) is 11.0. The van der Waals surface area contributed by atoms with E-state index in [1.54, 1.807) is 43.5 Å². The predicted octanol–water partition coefficient (Wildman–Crippen LogP) is 3.86. The number of methoxy groups -OCH3 is 1. The fourth-order valence-corrected chi connectivity index (χ4v) is 3.95. The van der Waals surface area contributed by atoms with E-state index < -0.39 is 17.6 Å². The molecule has 0 spiro atoms. The first-order valence-corrected chi connectivity index (χ1v) is 11.9. The van der Waals surface area contributed by atoms with Crippen molar-refractivity contribution in [3.05, 3.63) is 77.6 Å². The Morgan fingerprint density at radius 1 is 1.05 bits per heavy atom. The topological polar surface area (TPSA) is 111 Å². The van der Waals surface area contributed by atoms with Crippen molar-refractivity contribution in [3.63, 3.8) is 0 Å². The minimum Gasteiger partial charge on any atom is -0.497 e. The molecular formula is C24H21F3N6O3S. The van der Waals surface area contributed by atoms with E-state index in [9.17, 15) is 22.8 Å². The Kier molecular flexibility index (Phi) is 7.92. The van der Waals surface area contributed by atoms with Crippen molar-refractivity contribution < 1.29 is 27.5 Å². The highest BCUT2D eigenvalue weighted by Crippen LogP contribution is 2.30. The Bertz CT molecular complexity index is 1410. The van der Waals surface area contributed by atoms with Crippen LogP contribution in [0.15, 0.2) is 65.7 Å². The van der Waals surface area contributed by atoms with Gasteiger partial charge >= 0.3 is 6.18 Å². The number of thioether (sulfide) groups is 1. The SMILES string of the molecule is COc1ccc(C(=O)NCCc2nnc3ccc(SCC(=O)Nc4cccc(C(F)(F)F)c4)nn23)cc1. The van der Waals surface area contributed by atoms with Gasteiger partial charge in [0.15, 0.2) is 11.5 Å². The molecule has 0 fully saturated rings. The molecule has 4 rings (SSSR count). The molecule has 0 saturated carbocycles. The van der Waals surface area contributed by atoms with Crippen LogP contribution in [-0.2, 0) is 17.4 Å². The van der Waals surface area contributed by atoms with E-state index in [2.05, 4.69) is 25.9 Å². The molecule has 37 heavy (non-hydrogen) atoms. The summed E-state index contributed by atoms with van der Waals surface area (Å²) in [6, 6.07) is 14.5. The van der Waals surface area contributed by atoms with Crippen LogP contribution < -0.4 is 15.4 Å². The molecule has 2 heterocycles. The molecule has 2 amide bonds. The highest BCUT2D eigenvalue weighted by atomic mass is 32.2. The largest absolute Gasteiger partial charge is 0.497 e. The van der Waals surface area contributed by atoms with E-state index in [4.69, 9.17) is 4.74 Å². The summed E-state index contributed by atoms with van der Waals surface area (Å²) in [6.45, 7) is 0.296. The first-order chi connectivity index (χ1) is 17.7. The zero-order chi connectivity index (χ0) is 26.4. The number of nitrogens with zero attached hydrogens (tertiary/aromatic N) is 4. The van der Waals surface area contributed by atoms with Crippen LogP contribution in [0.5, 0.6) is 5.75 Å². The van der Waals surface area contributed by atoms with E-state index in [1.807, 2.05) is 0 Å². The molecule has 0 unspecified atom stereocenters. The number of hydrogen-bond acceptors (Lipinski definition) is 7. The predicted molar refractivity (Wildman–Crippen MR) is 131 cm³/mol. The van der Waals surface area contributed by atoms with E-state index >= 15 is 0 Å². The summed E-state index contributed by atoms with van der Waals surface area (Å²) in [5.41, 5.74) is 0.202. The number of hydrogen-bond donors (Lipinski definition) is 2. The number of halogens is 3. The smallest absolute Gasteiger partial charge is 0.416 e. The molecule has 0 atom stereocenters. The average molecular weight is 531 g/mol. The number of amides is 2. The molecule has 0 aliphatic rings. The summed E-state index contributed by atoms with van der Waals surface area (Å²) in [4.78, 5) is 24.6. The second-order valence-electron chi connectivity index (χ2n) is 7.71. The van der Waals surface area contributed by atoms with Gasteiger partial charge in [-0.15, -0.1) is 10.2 Å². The summed E-state index contributed by atoms with van der Waals surface area (Å²) in [5.74, 6) is 0.383. The van der Waals surface area contributed by atoms with Crippen molar-refractivity contribution in [2.45, 2.75) is 17.6 Å². The Labute approximate surface area is 213 Å².